The molecule has 41 heavy (non-hydrogen) atoms. The van der Waals surface area contributed by atoms with Crippen molar-refractivity contribution >= 4 is 30.2 Å². The Balaban J connectivity index is 0.00000387. The van der Waals surface area contributed by atoms with Gasteiger partial charge in [0.1, 0.15) is 5.82 Å². The molecule has 224 valence electrons. The van der Waals surface area contributed by atoms with Gasteiger partial charge in [0.05, 0.1) is 11.2 Å². The summed E-state index contributed by atoms with van der Waals surface area (Å²) < 4.78 is 1.47. The summed E-state index contributed by atoms with van der Waals surface area (Å²) in [5.74, 6) is 1.81. The topological polar surface area (TPSA) is 129 Å². The van der Waals surface area contributed by atoms with Crippen LogP contribution in [0.4, 0.5) is 10.6 Å². The average Bonchev–Trinajstić information content (AvgIpc) is 2.92. The Morgan fingerprint density at radius 1 is 1.00 bits per heavy atom. The van der Waals surface area contributed by atoms with Gasteiger partial charge in [-0.3, -0.25) is 14.7 Å². The zero-order valence-corrected chi connectivity index (χ0v) is 24.9. The fourth-order valence-corrected chi connectivity index (χ4v) is 5.89. The molecule has 0 radical (unpaired) electrons. The number of piperazine rings is 1. The van der Waals surface area contributed by atoms with E-state index in [1.807, 2.05) is 12.1 Å². The number of piperidine rings is 1. The number of nitrogens with two attached hydrogens (primary N) is 1. The van der Waals surface area contributed by atoms with Gasteiger partial charge in [-0.2, -0.15) is 4.98 Å². The monoisotopic (exact) mass is 586 g/mol. The maximum absolute atomic E-state index is 12.7. The fourth-order valence-electron chi connectivity index (χ4n) is 5.89. The van der Waals surface area contributed by atoms with E-state index in [2.05, 4.69) is 32.7 Å². The molecule has 0 saturated carbocycles. The summed E-state index contributed by atoms with van der Waals surface area (Å²) >= 11 is 0. The lowest BCUT2D eigenvalue weighted by molar-refractivity contribution is -0.137. The number of carbonyl (C=O) groups is 2. The number of urea groups is 1. The number of hydrogen-bond donors (Lipinski definition) is 3. The van der Waals surface area contributed by atoms with Gasteiger partial charge in [0.15, 0.2) is 0 Å². The van der Waals surface area contributed by atoms with Crippen molar-refractivity contribution in [2.75, 3.05) is 64.2 Å². The SMILES string of the molecule is CC(C)(N)C(=O)N1CCN(C(=O)Nc2ccn(-c3ccc(CCN4CC(C5CCNCC5)C4)cc3)c(=O)n2)CC1.Cl. The van der Waals surface area contributed by atoms with Crippen molar-refractivity contribution < 1.29 is 9.59 Å². The zero-order chi connectivity index (χ0) is 28.3. The normalized spacial score (nSPS) is 18.9. The highest BCUT2D eigenvalue weighted by molar-refractivity contribution is 5.89. The largest absolute Gasteiger partial charge is 0.354 e. The summed E-state index contributed by atoms with van der Waals surface area (Å²) in [5, 5.41) is 6.16. The number of likely N-dealkylation sites (tertiary alicyclic amines) is 1. The molecule has 0 aliphatic carbocycles. The number of rotatable bonds is 7. The lowest BCUT2D eigenvalue weighted by Gasteiger charge is -2.45. The Hall–Kier alpha value is -2.99. The third-order valence-corrected chi connectivity index (χ3v) is 8.41. The molecular formula is C29H43ClN8O3. The third-order valence-electron chi connectivity index (χ3n) is 8.41. The first-order valence-electron chi connectivity index (χ1n) is 14.4. The zero-order valence-electron chi connectivity index (χ0n) is 24.1. The number of carbonyl (C=O) groups excluding carboxylic acids is 2. The molecule has 0 unspecified atom stereocenters. The average molecular weight is 587 g/mol. The molecule has 0 spiro atoms. The van der Waals surface area contributed by atoms with Crippen LogP contribution in [0.25, 0.3) is 5.69 Å². The second-order valence-corrected chi connectivity index (χ2v) is 11.9. The van der Waals surface area contributed by atoms with Crippen LogP contribution >= 0.6 is 12.4 Å². The molecule has 0 atom stereocenters. The smallest absolute Gasteiger partial charge is 0.338 e. The minimum absolute atomic E-state index is 0. The highest BCUT2D eigenvalue weighted by Gasteiger charge is 2.33. The number of hydrogen-bond acceptors (Lipinski definition) is 7. The van der Waals surface area contributed by atoms with Crippen LogP contribution in [0.1, 0.15) is 32.3 Å². The number of aromatic nitrogens is 2. The van der Waals surface area contributed by atoms with Gasteiger partial charge in [0.25, 0.3) is 0 Å². The van der Waals surface area contributed by atoms with Crippen molar-refractivity contribution in [1.82, 2.24) is 29.6 Å². The molecule has 3 aliphatic heterocycles. The van der Waals surface area contributed by atoms with Crippen molar-refractivity contribution in [3.63, 3.8) is 0 Å². The van der Waals surface area contributed by atoms with Gasteiger partial charge >= 0.3 is 11.7 Å². The molecule has 1 aromatic heterocycles. The molecule has 3 fully saturated rings. The quantitative estimate of drug-likeness (QED) is 0.449. The van der Waals surface area contributed by atoms with Crippen LogP contribution in [0.2, 0.25) is 0 Å². The first-order chi connectivity index (χ1) is 19.2. The summed E-state index contributed by atoms with van der Waals surface area (Å²) in [6, 6.07) is 9.28. The van der Waals surface area contributed by atoms with Crippen molar-refractivity contribution in [3.8, 4) is 5.69 Å². The first kappa shape index (κ1) is 31.0. The lowest BCUT2D eigenvalue weighted by atomic mass is 9.80. The highest BCUT2D eigenvalue weighted by atomic mass is 35.5. The predicted octanol–water partition coefficient (Wildman–Crippen LogP) is 1.54. The minimum Gasteiger partial charge on any atom is -0.338 e. The molecule has 4 N–H and O–H groups in total. The van der Waals surface area contributed by atoms with Crippen LogP contribution < -0.4 is 22.1 Å². The van der Waals surface area contributed by atoms with Crippen LogP contribution in [0, 0.1) is 11.8 Å². The van der Waals surface area contributed by atoms with Gasteiger partial charge in [0, 0.05) is 52.0 Å². The Morgan fingerprint density at radius 3 is 2.24 bits per heavy atom. The lowest BCUT2D eigenvalue weighted by Crippen LogP contribution is -2.58. The van der Waals surface area contributed by atoms with Crippen molar-refractivity contribution in [2.24, 2.45) is 17.6 Å². The third kappa shape index (κ3) is 7.65. The summed E-state index contributed by atoms with van der Waals surface area (Å²) in [5.41, 5.74) is 6.49. The number of nitrogens with zero attached hydrogens (tertiary/aromatic N) is 5. The van der Waals surface area contributed by atoms with Crippen molar-refractivity contribution in [3.05, 3.63) is 52.6 Å². The summed E-state index contributed by atoms with van der Waals surface area (Å²) in [4.78, 5) is 47.7. The molecule has 1 aromatic carbocycles. The van der Waals surface area contributed by atoms with Crippen molar-refractivity contribution in [2.45, 2.75) is 38.6 Å². The van der Waals surface area contributed by atoms with Gasteiger partial charge in [-0.25, -0.2) is 9.59 Å². The number of halogens is 1. The maximum atomic E-state index is 12.7. The van der Waals surface area contributed by atoms with Crippen molar-refractivity contribution in [1.29, 1.82) is 0 Å². The Bertz CT molecular complexity index is 1240. The Morgan fingerprint density at radius 2 is 1.63 bits per heavy atom. The molecule has 3 amide bonds. The van der Waals surface area contributed by atoms with E-state index in [9.17, 15) is 14.4 Å². The number of nitrogens with one attached hydrogen (secondary N) is 2. The van der Waals surface area contributed by atoms with Crippen LogP contribution in [-0.2, 0) is 11.2 Å². The summed E-state index contributed by atoms with van der Waals surface area (Å²) in [6.07, 6.45) is 5.25. The van der Waals surface area contributed by atoms with E-state index in [1.54, 1.807) is 35.9 Å². The van der Waals surface area contributed by atoms with Crippen LogP contribution in [-0.4, -0.2) is 101 Å². The Labute approximate surface area is 247 Å². The summed E-state index contributed by atoms with van der Waals surface area (Å²) in [7, 11) is 0. The molecule has 3 saturated heterocycles. The predicted molar refractivity (Wildman–Crippen MR) is 162 cm³/mol. The van der Waals surface area contributed by atoms with E-state index in [0.717, 1.165) is 30.5 Å². The first-order valence-corrected chi connectivity index (χ1v) is 14.4. The second-order valence-electron chi connectivity index (χ2n) is 11.9. The van der Waals surface area contributed by atoms with Crippen LogP contribution in [0.5, 0.6) is 0 Å². The molecular weight excluding hydrogens is 544 g/mol. The summed E-state index contributed by atoms with van der Waals surface area (Å²) in [6.45, 7) is 10.8. The standard InChI is InChI=1S/C29H42N8O3.ClH/c1-29(2,30)26(38)35-15-17-36(18-16-35)27(39)32-25-10-14-37(28(40)33-25)24-5-3-21(4-6-24)9-13-34-19-23(20-34)22-7-11-31-12-8-22;/h3-6,10,14,22-23,31H,7-9,11-13,15-20,30H2,1-2H3,(H,32,33,39,40);1H. The number of benzene rings is 1. The number of amides is 3. The maximum Gasteiger partial charge on any atom is 0.354 e. The molecule has 12 heteroatoms. The second kappa shape index (κ2) is 13.3. The van der Waals surface area contributed by atoms with E-state index in [0.29, 0.717) is 26.2 Å². The van der Waals surface area contributed by atoms with Gasteiger partial charge < -0.3 is 25.8 Å². The van der Waals surface area contributed by atoms with E-state index >= 15 is 0 Å². The van der Waals surface area contributed by atoms with Crippen LogP contribution in [0.15, 0.2) is 41.3 Å². The fraction of sp³-hybridized carbons (Fsp3) is 0.586. The molecule has 0 bridgehead atoms. The van der Waals surface area contributed by atoms with Gasteiger partial charge in [-0.15, -0.1) is 12.4 Å². The van der Waals surface area contributed by atoms with E-state index in [4.69, 9.17) is 5.73 Å². The van der Waals surface area contributed by atoms with Crippen LogP contribution in [0.3, 0.4) is 0 Å². The van der Waals surface area contributed by atoms with E-state index in [-0.39, 0.29) is 30.2 Å². The number of anilines is 1. The highest BCUT2D eigenvalue weighted by Crippen LogP contribution is 2.30. The molecule has 11 nitrogen and oxygen atoms in total. The van der Waals surface area contributed by atoms with Gasteiger partial charge in [0.2, 0.25) is 5.91 Å². The molecule has 4 heterocycles. The van der Waals surface area contributed by atoms with Gasteiger partial charge in [-0.1, -0.05) is 12.1 Å². The van der Waals surface area contributed by atoms with E-state index in [1.165, 1.54) is 49.2 Å². The van der Waals surface area contributed by atoms with E-state index < -0.39 is 11.2 Å². The molecule has 5 rings (SSSR count). The molecule has 2 aromatic rings. The Kier molecular flexibility index (Phi) is 10.1. The van der Waals surface area contributed by atoms with Gasteiger partial charge in [-0.05, 0) is 81.8 Å². The molecule has 3 aliphatic rings. The minimum atomic E-state index is -0.941.